The van der Waals surface area contributed by atoms with E-state index in [9.17, 15) is 14.7 Å². The number of unbranched alkanes of at least 4 members (excludes halogenated alkanes) is 28. The molecule has 0 rings (SSSR count). The first-order valence-corrected chi connectivity index (χ1v) is 26.9. The minimum Gasteiger partial charge on any atom is -0.465 e. The van der Waals surface area contributed by atoms with E-state index in [-0.39, 0.29) is 30.4 Å². The zero-order chi connectivity index (χ0) is 43.8. The fourth-order valence-electron chi connectivity index (χ4n) is 8.43. The highest BCUT2D eigenvalue weighted by molar-refractivity contribution is 5.72. The monoisotopic (exact) mass is 848 g/mol. The van der Waals surface area contributed by atoms with E-state index in [4.69, 9.17) is 9.47 Å². The lowest BCUT2D eigenvalue weighted by Crippen LogP contribution is -2.20. The van der Waals surface area contributed by atoms with Gasteiger partial charge in [0, 0.05) is 19.7 Å². The van der Waals surface area contributed by atoms with E-state index in [1.54, 1.807) is 0 Å². The second-order valence-corrected chi connectivity index (χ2v) is 18.4. The number of nitrogens with zero attached hydrogens (tertiary/aromatic N) is 1. The lowest BCUT2D eigenvalue weighted by Gasteiger charge is -2.20. The number of carbonyl (C=O) groups excluding carboxylic acids is 2. The van der Waals surface area contributed by atoms with Crippen LogP contribution in [0, 0.1) is 11.8 Å². The molecular weight excluding hydrogens is 743 g/mol. The van der Waals surface area contributed by atoms with Gasteiger partial charge in [-0.05, 0) is 76.8 Å². The maximum absolute atomic E-state index is 12.9. The first kappa shape index (κ1) is 58.4. The zero-order valence-corrected chi connectivity index (χ0v) is 40.9. The molecule has 60 heavy (non-hydrogen) atoms. The van der Waals surface area contributed by atoms with Crippen LogP contribution in [-0.4, -0.2) is 54.9 Å². The predicted molar refractivity (Wildman–Crippen MR) is 259 cm³/mol. The van der Waals surface area contributed by atoms with Crippen molar-refractivity contribution in [2.75, 3.05) is 32.9 Å². The molecule has 356 valence electrons. The lowest BCUT2D eigenvalue weighted by atomic mass is 9.94. The van der Waals surface area contributed by atoms with E-state index < -0.39 is 0 Å². The Kier molecular flexibility index (Phi) is 47.2. The Morgan fingerprint density at radius 1 is 0.417 bits per heavy atom. The second kappa shape index (κ2) is 48.5. The number of aliphatic hydroxyl groups is 1. The summed E-state index contributed by atoms with van der Waals surface area (Å²) in [6, 6.07) is 0. The maximum atomic E-state index is 12.9. The van der Waals surface area contributed by atoms with Gasteiger partial charge in [-0.2, -0.15) is 0 Å². The molecule has 0 aliphatic carbocycles. The highest BCUT2D eigenvalue weighted by Gasteiger charge is 2.20. The third-order valence-electron chi connectivity index (χ3n) is 12.6. The summed E-state index contributed by atoms with van der Waals surface area (Å²) < 4.78 is 11.6. The number of carbonyl (C=O) groups is 2. The molecule has 0 saturated carbocycles. The molecule has 0 aromatic heterocycles. The van der Waals surface area contributed by atoms with Crippen LogP contribution in [0.3, 0.4) is 0 Å². The summed E-state index contributed by atoms with van der Waals surface area (Å²) in [5.74, 6) is 0.342. The number of esters is 2. The maximum Gasteiger partial charge on any atom is 0.308 e. The molecule has 0 amide bonds. The number of hydrogen-bond acceptors (Lipinski definition) is 6. The molecule has 0 aliphatic heterocycles. The van der Waals surface area contributed by atoms with Crippen LogP contribution in [0.4, 0.5) is 0 Å². The van der Waals surface area contributed by atoms with Gasteiger partial charge in [-0.1, -0.05) is 214 Å². The third kappa shape index (κ3) is 40.5. The summed E-state index contributed by atoms with van der Waals surface area (Å²) in [5.41, 5.74) is 0. The van der Waals surface area contributed by atoms with Crippen molar-refractivity contribution in [3.05, 3.63) is 12.3 Å². The normalized spacial score (nSPS) is 12.6. The summed E-state index contributed by atoms with van der Waals surface area (Å²) >= 11 is 0. The fraction of sp³-hybridized carbons (Fsp3) is 0.926. The Bertz CT molecular complexity index is 909. The van der Waals surface area contributed by atoms with Gasteiger partial charge < -0.3 is 19.5 Å². The van der Waals surface area contributed by atoms with E-state index >= 15 is 0 Å². The number of aliphatic hydroxyl groups excluding tert-OH is 1. The SMILES string of the molecule is CCCCCCCCC(CCCCCC)C(=O)OCCCCCCC/C=C/N(CCCCO)CCCCCCCCCOC(=O)C(CCCCCC)CCCCCCCC. The second-order valence-electron chi connectivity index (χ2n) is 18.4. The van der Waals surface area contributed by atoms with Crippen molar-refractivity contribution in [3.8, 4) is 0 Å². The van der Waals surface area contributed by atoms with Crippen LogP contribution in [0.15, 0.2) is 12.3 Å². The summed E-state index contributed by atoms with van der Waals surface area (Å²) in [4.78, 5) is 28.3. The molecule has 0 spiro atoms. The Morgan fingerprint density at radius 3 is 1.13 bits per heavy atom. The van der Waals surface area contributed by atoms with Crippen LogP contribution >= 0.6 is 0 Å². The fourth-order valence-corrected chi connectivity index (χ4v) is 8.43. The van der Waals surface area contributed by atoms with Gasteiger partial charge >= 0.3 is 11.9 Å². The minimum absolute atomic E-state index is 0.0649. The molecular formula is C54H105NO5. The predicted octanol–water partition coefficient (Wildman–Crippen LogP) is 16.4. The number of hydrogen-bond donors (Lipinski definition) is 1. The van der Waals surface area contributed by atoms with Gasteiger partial charge in [0.05, 0.1) is 25.0 Å². The molecule has 0 aromatic rings. The van der Waals surface area contributed by atoms with Gasteiger partial charge in [0.25, 0.3) is 0 Å². The lowest BCUT2D eigenvalue weighted by molar-refractivity contribution is -0.150. The molecule has 2 atom stereocenters. The molecule has 0 saturated heterocycles. The molecule has 0 aliphatic rings. The Morgan fingerprint density at radius 2 is 0.733 bits per heavy atom. The smallest absolute Gasteiger partial charge is 0.308 e. The van der Waals surface area contributed by atoms with Crippen molar-refractivity contribution >= 4 is 11.9 Å². The average Bonchev–Trinajstić information content (AvgIpc) is 3.25. The van der Waals surface area contributed by atoms with Crippen LogP contribution in [0.2, 0.25) is 0 Å². The average molecular weight is 848 g/mol. The van der Waals surface area contributed by atoms with Gasteiger partial charge in [-0.3, -0.25) is 9.59 Å². The van der Waals surface area contributed by atoms with E-state index in [1.807, 2.05) is 0 Å². The van der Waals surface area contributed by atoms with Gasteiger partial charge in [-0.15, -0.1) is 0 Å². The van der Waals surface area contributed by atoms with Gasteiger partial charge in [0.2, 0.25) is 0 Å². The summed E-state index contributed by atoms with van der Waals surface area (Å²) in [6.07, 6.45) is 50.9. The van der Waals surface area contributed by atoms with E-state index in [0.29, 0.717) is 13.2 Å². The van der Waals surface area contributed by atoms with Crippen molar-refractivity contribution in [1.29, 1.82) is 0 Å². The largest absolute Gasteiger partial charge is 0.465 e. The number of rotatable bonds is 49. The first-order valence-electron chi connectivity index (χ1n) is 26.9. The van der Waals surface area contributed by atoms with Crippen molar-refractivity contribution in [2.24, 2.45) is 11.8 Å². The Balaban J connectivity index is 4.20. The molecule has 0 heterocycles. The molecule has 0 fully saturated rings. The van der Waals surface area contributed by atoms with Crippen LogP contribution in [-0.2, 0) is 19.1 Å². The molecule has 2 unspecified atom stereocenters. The summed E-state index contributed by atoms with van der Waals surface area (Å²) in [7, 11) is 0. The highest BCUT2D eigenvalue weighted by atomic mass is 16.5. The highest BCUT2D eigenvalue weighted by Crippen LogP contribution is 2.22. The molecule has 6 heteroatoms. The molecule has 6 nitrogen and oxygen atoms in total. The van der Waals surface area contributed by atoms with Crippen molar-refractivity contribution in [1.82, 2.24) is 4.90 Å². The quantitative estimate of drug-likeness (QED) is 0.0485. The van der Waals surface area contributed by atoms with Crippen LogP contribution in [0.1, 0.15) is 278 Å². The van der Waals surface area contributed by atoms with E-state index in [2.05, 4.69) is 44.9 Å². The summed E-state index contributed by atoms with van der Waals surface area (Å²) in [5, 5.41) is 9.32. The topological polar surface area (TPSA) is 76.1 Å². The van der Waals surface area contributed by atoms with Crippen LogP contribution < -0.4 is 0 Å². The van der Waals surface area contributed by atoms with Gasteiger partial charge in [0.15, 0.2) is 0 Å². The number of ether oxygens (including phenoxy) is 2. The zero-order valence-electron chi connectivity index (χ0n) is 40.9. The first-order chi connectivity index (χ1) is 29.5. The summed E-state index contributed by atoms with van der Waals surface area (Å²) in [6.45, 7) is 12.6. The molecule has 1 N–H and O–H groups in total. The van der Waals surface area contributed by atoms with Gasteiger partial charge in [-0.25, -0.2) is 0 Å². The van der Waals surface area contributed by atoms with Crippen molar-refractivity contribution in [3.63, 3.8) is 0 Å². The van der Waals surface area contributed by atoms with Gasteiger partial charge in [0.1, 0.15) is 0 Å². The number of allylic oxidation sites excluding steroid dienone is 1. The van der Waals surface area contributed by atoms with Crippen LogP contribution in [0.5, 0.6) is 0 Å². The van der Waals surface area contributed by atoms with E-state index in [0.717, 1.165) is 109 Å². The molecule has 0 radical (unpaired) electrons. The third-order valence-corrected chi connectivity index (χ3v) is 12.6. The van der Waals surface area contributed by atoms with Crippen molar-refractivity contribution in [2.45, 2.75) is 278 Å². The van der Waals surface area contributed by atoms with Crippen LogP contribution in [0.25, 0.3) is 0 Å². The van der Waals surface area contributed by atoms with E-state index in [1.165, 1.54) is 154 Å². The molecule has 0 aromatic carbocycles. The van der Waals surface area contributed by atoms with Crippen molar-refractivity contribution < 1.29 is 24.2 Å². The standard InChI is InChI=1S/C54H105NO5/c1-5-9-13-17-25-33-43-51(41-31-15-11-7-3)53(57)59-49-39-29-23-19-21-27-35-45-55(47-37-38-48-56)46-36-28-22-20-24-30-40-50-60-54(58)52(42-32-16-12-8-4)44-34-26-18-14-10-6-2/h35,45,51-52,56H,5-34,36-44,46-50H2,1-4H3/b45-35+. The Labute approximate surface area is 374 Å². The molecule has 0 bridgehead atoms. The minimum atomic E-state index is 0.0649. The Hall–Kier alpha value is -1.56.